The molecule has 0 radical (unpaired) electrons. The van der Waals surface area contributed by atoms with E-state index >= 15 is 0 Å². The summed E-state index contributed by atoms with van der Waals surface area (Å²) in [5.41, 5.74) is -2.58. The van der Waals surface area contributed by atoms with Crippen molar-refractivity contribution >= 4 is 17.6 Å². The molecule has 4 nitrogen and oxygen atoms in total. The third kappa shape index (κ3) is 3.88. The minimum Gasteiger partial charge on any atom is -0.481 e. The molecular formula is C23H19ClF3NO3. The van der Waals surface area contributed by atoms with Gasteiger partial charge in [-0.1, -0.05) is 61.9 Å². The summed E-state index contributed by atoms with van der Waals surface area (Å²) in [5.74, 6) is -2.74. The standard InChI is InChI=1S/C23H19ClF3NO3/c1-21(2)18(12-19(24)23(25,26)27)22(21,20(29)30)17(13-28)14-7-6-10-16(11-14)31-15-8-4-3-5-9-15/h3-12,17-18H,1-2H3,(H,29,30)/t17-,18+,22+/m1/s1. The van der Waals surface area contributed by atoms with Gasteiger partial charge in [0.2, 0.25) is 0 Å². The molecule has 162 valence electrons. The van der Waals surface area contributed by atoms with Crippen molar-refractivity contribution in [2.24, 2.45) is 16.7 Å². The van der Waals surface area contributed by atoms with Crippen molar-refractivity contribution in [3.63, 3.8) is 0 Å². The zero-order valence-electron chi connectivity index (χ0n) is 16.7. The fraction of sp³-hybridized carbons (Fsp3) is 0.304. The molecule has 0 bridgehead atoms. The highest BCUT2D eigenvalue weighted by atomic mass is 35.5. The topological polar surface area (TPSA) is 70.3 Å². The van der Waals surface area contributed by atoms with Crippen molar-refractivity contribution < 1.29 is 27.8 Å². The molecule has 0 heterocycles. The van der Waals surface area contributed by atoms with Gasteiger partial charge in [0.25, 0.3) is 0 Å². The van der Waals surface area contributed by atoms with E-state index in [4.69, 9.17) is 16.3 Å². The lowest BCUT2D eigenvalue weighted by Crippen LogP contribution is -2.29. The third-order valence-electron chi connectivity index (χ3n) is 5.94. The number of carboxylic acids is 1. The Morgan fingerprint density at radius 3 is 2.35 bits per heavy atom. The van der Waals surface area contributed by atoms with Gasteiger partial charge in [0.1, 0.15) is 21.9 Å². The SMILES string of the molecule is CC1(C)[C@H](C=C(Cl)C(F)(F)F)[C@]1(C(=O)O)[C@H](C#N)c1cccc(Oc2ccccc2)c1. The number of hydrogen-bond donors (Lipinski definition) is 1. The van der Waals surface area contributed by atoms with Crippen molar-refractivity contribution in [2.45, 2.75) is 25.9 Å². The van der Waals surface area contributed by atoms with Crippen molar-refractivity contribution in [3.05, 3.63) is 71.3 Å². The number of carboxylic acid groups (broad SMARTS) is 1. The summed E-state index contributed by atoms with van der Waals surface area (Å²) < 4.78 is 44.7. The molecule has 0 saturated heterocycles. The van der Waals surface area contributed by atoms with Crippen LogP contribution in [0.25, 0.3) is 0 Å². The van der Waals surface area contributed by atoms with Gasteiger partial charge in [-0.2, -0.15) is 18.4 Å². The van der Waals surface area contributed by atoms with E-state index in [0.29, 0.717) is 23.1 Å². The van der Waals surface area contributed by atoms with Crippen LogP contribution in [0.5, 0.6) is 11.5 Å². The molecule has 1 saturated carbocycles. The van der Waals surface area contributed by atoms with Crippen molar-refractivity contribution in [1.29, 1.82) is 5.26 Å². The molecule has 0 aliphatic heterocycles. The first-order chi connectivity index (χ1) is 14.5. The van der Waals surface area contributed by atoms with E-state index in [-0.39, 0.29) is 0 Å². The number of alkyl halides is 3. The molecule has 2 aromatic rings. The van der Waals surface area contributed by atoms with E-state index in [0.717, 1.165) is 0 Å². The highest BCUT2D eigenvalue weighted by Crippen LogP contribution is 2.75. The molecule has 1 aliphatic rings. The molecule has 2 aromatic carbocycles. The first-order valence-corrected chi connectivity index (χ1v) is 9.74. The number of halogens is 4. The Bertz CT molecular complexity index is 1060. The number of benzene rings is 2. The minimum absolute atomic E-state index is 0.338. The van der Waals surface area contributed by atoms with Gasteiger partial charge in [0, 0.05) is 5.92 Å². The van der Waals surface area contributed by atoms with E-state index in [1.165, 1.54) is 19.9 Å². The molecule has 31 heavy (non-hydrogen) atoms. The van der Waals surface area contributed by atoms with E-state index in [9.17, 15) is 28.3 Å². The molecule has 1 fully saturated rings. The van der Waals surface area contributed by atoms with Crippen LogP contribution in [-0.2, 0) is 4.79 Å². The molecule has 1 aliphatic carbocycles. The van der Waals surface area contributed by atoms with Gasteiger partial charge in [-0.3, -0.25) is 4.79 Å². The van der Waals surface area contributed by atoms with Crippen LogP contribution in [0.4, 0.5) is 13.2 Å². The van der Waals surface area contributed by atoms with Gasteiger partial charge in [-0.25, -0.2) is 0 Å². The first kappa shape index (κ1) is 22.7. The van der Waals surface area contributed by atoms with E-state index in [1.807, 2.05) is 12.1 Å². The lowest BCUT2D eigenvalue weighted by Gasteiger charge is -2.22. The zero-order chi connectivity index (χ0) is 23.0. The van der Waals surface area contributed by atoms with Crippen LogP contribution in [0, 0.1) is 28.1 Å². The van der Waals surface area contributed by atoms with E-state index < -0.39 is 39.8 Å². The average molecular weight is 450 g/mol. The van der Waals surface area contributed by atoms with Crippen molar-refractivity contribution in [3.8, 4) is 17.6 Å². The molecule has 0 amide bonds. The molecule has 3 rings (SSSR count). The van der Waals surface area contributed by atoms with Crippen LogP contribution in [0.2, 0.25) is 0 Å². The fourth-order valence-corrected chi connectivity index (χ4v) is 4.45. The summed E-state index contributed by atoms with van der Waals surface area (Å²) in [7, 11) is 0. The number of aliphatic carboxylic acids is 1. The number of carbonyl (C=O) groups is 1. The number of allylic oxidation sites excluding steroid dienone is 2. The van der Waals surface area contributed by atoms with Crippen LogP contribution in [0.1, 0.15) is 25.3 Å². The molecule has 8 heteroatoms. The minimum atomic E-state index is -4.80. The maximum Gasteiger partial charge on any atom is 0.426 e. The Morgan fingerprint density at radius 2 is 1.81 bits per heavy atom. The summed E-state index contributed by atoms with van der Waals surface area (Å²) in [6, 6.07) is 17.2. The monoisotopic (exact) mass is 449 g/mol. The van der Waals surface area contributed by atoms with Crippen LogP contribution < -0.4 is 4.74 Å². The van der Waals surface area contributed by atoms with Crippen LogP contribution in [-0.4, -0.2) is 17.3 Å². The number of nitriles is 1. The number of rotatable bonds is 6. The molecule has 1 N–H and O–H groups in total. The normalized spacial score (nSPS) is 23.5. The smallest absolute Gasteiger partial charge is 0.426 e. The average Bonchev–Trinajstić information content (AvgIpc) is 3.18. The number of para-hydroxylation sites is 1. The van der Waals surface area contributed by atoms with Crippen LogP contribution >= 0.6 is 11.6 Å². The Hall–Kier alpha value is -2.98. The van der Waals surface area contributed by atoms with Crippen LogP contribution in [0.3, 0.4) is 0 Å². The van der Waals surface area contributed by atoms with Gasteiger partial charge in [0.15, 0.2) is 0 Å². The Morgan fingerprint density at radius 1 is 1.19 bits per heavy atom. The second-order valence-corrected chi connectivity index (χ2v) is 8.34. The van der Waals surface area contributed by atoms with Crippen molar-refractivity contribution in [2.75, 3.05) is 0 Å². The van der Waals surface area contributed by atoms with Gasteiger partial charge in [0.05, 0.1) is 12.0 Å². The first-order valence-electron chi connectivity index (χ1n) is 9.36. The lowest BCUT2D eigenvalue weighted by atomic mass is 9.78. The van der Waals surface area contributed by atoms with Gasteiger partial charge in [-0.15, -0.1) is 0 Å². The van der Waals surface area contributed by atoms with E-state index in [2.05, 4.69) is 0 Å². The van der Waals surface area contributed by atoms with Crippen LogP contribution in [0.15, 0.2) is 65.7 Å². The third-order valence-corrected chi connectivity index (χ3v) is 6.28. The molecule has 3 atom stereocenters. The van der Waals surface area contributed by atoms with Gasteiger partial charge >= 0.3 is 12.1 Å². The maximum absolute atomic E-state index is 13.0. The van der Waals surface area contributed by atoms with Gasteiger partial charge < -0.3 is 9.84 Å². The largest absolute Gasteiger partial charge is 0.481 e. The highest BCUT2D eigenvalue weighted by molar-refractivity contribution is 6.30. The fourth-order valence-electron chi connectivity index (χ4n) is 4.32. The summed E-state index contributed by atoms with van der Waals surface area (Å²) in [5, 5.41) is 18.6. The Labute approximate surface area is 182 Å². The Kier molecular flexibility index (Phi) is 5.81. The summed E-state index contributed by atoms with van der Waals surface area (Å²) in [4.78, 5) is 12.4. The predicted molar refractivity (Wildman–Crippen MR) is 109 cm³/mol. The number of hydrogen-bond acceptors (Lipinski definition) is 3. The molecule has 0 unspecified atom stereocenters. The molecule has 0 spiro atoms. The number of nitrogens with zero attached hydrogens (tertiary/aromatic N) is 1. The highest BCUT2D eigenvalue weighted by Gasteiger charge is 2.78. The summed E-state index contributed by atoms with van der Waals surface area (Å²) in [6.07, 6.45) is -4.08. The zero-order valence-corrected chi connectivity index (χ0v) is 17.4. The quantitative estimate of drug-likeness (QED) is 0.546. The van der Waals surface area contributed by atoms with Gasteiger partial charge in [-0.05, 0) is 35.2 Å². The maximum atomic E-state index is 13.0. The summed E-state index contributed by atoms with van der Waals surface area (Å²) in [6.45, 7) is 3.05. The summed E-state index contributed by atoms with van der Waals surface area (Å²) >= 11 is 5.40. The molecular weight excluding hydrogens is 431 g/mol. The second kappa shape index (κ2) is 7.93. The van der Waals surface area contributed by atoms with E-state index in [1.54, 1.807) is 42.5 Å². The predicted octanol–water partition coefficient (Wildman–Crippen LogP) is 6.50. The van der Waals surface area contributed by atoms with Crippen molar-refractivity contribution in [1.82, 2.24) is 0 Å². The second-order valence-electron chi connectivity index (χ2n) is 7.94. The Balaban J connectivity index is 2.03. The number of ether oxygens (including phenoxy) is 1. The molecule has 0 aromatic heterocycles. The lowest BCUT2D eigenvalue weighted by molar-refractivity contribution is -0.145.